The van der Waals surface area contributed by atoms with Gasteiger partial charge in [-0.15, -0.1) is 0 Å². The van der Waals surface area contributed by atoms with Crippen LogP contribution in [0.3, 0.4) is 0 Å². The Hall–Kier alpha value is -3.45. The van der Waals surface area contributed by atoms with Gasteiger partial charge in [0.05, 0.1) is 25.5 Å². The van der Waals surface area contributed by atoms with E-state index < -0.39 is 0 Å². The van der Waals surface area contributed by atoms with Gasteiger partial charge in [-0.05, 0) is 61.7 Å². The fraction of sp³-hybridized carbons (Fsp3) is 0.292. The maximum atomic E-state index is 6.07. The summed E-state index contributed by atoms with van der Waals surface area (Å²) in [5, 5.41) is 8.85. The van der Waals surface area contributed by atoms with E-state index in [4.69, 9.17) is 19.1 Å². The van der Waals surface area contributed by atoms with E-state index in [1.165, 1.54) is 11.1 Å². The van der Waals surface area contributed by atoms with Gasteiger partial charge in [0.15, 0.2) is 5.69 Å². The lowest BCUT2D eigenvalue weighted by atomic mass is 10.1. The SMILES string of the molecule is CCOc1ccc(C2Cn3nc(-c4nc(-c5ccc(C)c(C)c5)no4)cc3CO2)cc1. The third-order valence-electron chi connectivity index (χ3n) is 5.61. The molecule has 0 spiro atoms. The van der Waals surface area contributed by atoms with Crippen LogP contribution in [0.15, 0.2) is 53.1 Å². The first-order valence-electron chi connectivity index (χ1n) is 10.4. The summed E-state index contributed by atoms with van der Waals surface area (Å²) >= 11 is 0. The number of rotatable bonds is 5. The second-order valence-corrected chi connectivity index (χ2v) is 7.73. The highest BCUT2D eigenvalue weighted by atomic mass is 16.5. The first-order valence-corrected chi connectivity index (χ1v) is 10.4. The molecule has 7 heteroatoms. The molecule has 0 fully saturated rings. The van der Waals surface area contributed by atoms with Gasteiger partial charge in [-0.25, -0.2) is 0 Å². The number of fused-ring (bicyclic) bond motifs is 1. The zero-order chi connectivity index (χ0) is 21.4. The number of aryl methyl sites for hydroxylation is 2. The molecule has 0 N–H and O–H groups in total. The Bertz CT molecular complexity index is 1210. The molecule has 0 saturated carbocycles. The fourth-order valence-corrected chi connectivity index (χ4v) is 3.70. The normalized spacial score (nSPS) is 15.6. The van der Waals surface area contributed by atoms with Crippen molar-refractivity contribution in [2.45, 2.75) is 40.0 Å². The molecule has 0 saturated heterocycles. The molecule has 4 aromatic rings. The van der Waals surface area contributed by atoms with Crippen molar-refractivity contribution in [3.05, 3.63) is 70.9 Å². The van der Waals surface area contributed by atoms with Gasteiger partial charge in [0.25, 0.3) is 5.89 Å². The highest BCUT2D eigenvalue weighted by Gasteiger charge is 2.24. The summed E-state index contributed by atoms with van der Waals surface area (Å²) in [4.78, 5) is 4.56. The third-order valence-corrected chi connectivity index (χ3v) is 5.61. The van der Waals surface area contributed by atoms with Crippen LogP contribution in [-0.4, -0.2) is 26.5 Å². The molecule has 3 heterocycles. The third kappa shape index (κ3) is 3.84. The second kappa shape index (κ2) is 8.00. The van der Waals surface area contributed by atoms with E-state index in [9.17, 15) is 0 Å². The summed E-state index contributed by atoms with van der Waals surface area (Å²) < 4.78 is 19.1. The standard InChI is InChI=1S/C24H24N4O3/c1-4-29-20-9-7-17(8-10-20)22-13-28-19(14-30-22)12-21(26-28)24-25-23(27-31-24)18-6-5-15(2)16(3)11-18/h5-12,22H,4,13-14H2,1-3H3. The molecule has 5 rings (SSSR count). The Labute approximate surface area is 180 Å². The molecule has 0 bridgehead atoms. The maximum Gasteiger partial charge on any atom is 0.278 e. The van der Waals surface area contributed by atoms with Gasteiger partial charge < -0.3 is 14.0 Å². The highest BCUT2D eigenvalue weighted by molar-refractivity contribution is 5.59. The van der Waals surface area contributed by atoms with Crippen LogP contribution in [-0.2, 0) is 17.9 Å². The Morgan fingerprint density at radius 1 is 1.06 bits per heavy atom. The first kappa shape index (κ1) is 19.5. The minimum atomic E-state index is -0.0651. The molecule has 0 radical (unpaired) electrons. The summed E-state index contributed by atoms with van der Waals surface area (Å²) in [5.41, 5.74) is 6.11. The van der Waals surface area contributed by atoms with Gasteiger partial charge in [-0.1, -0.05) is 29.4 Å². The summed E-state index contributed by atoms with van der Waals surface area (Å²) in [6.07, 6.45) is -0.0651. The number of nitrogens with zero attached hydrogens (tertiary/aromatic N) is 4. The van der Waals surface area contributed by atoms with E-state index in [0.29, 0.717) is 37.2 Å². The fourth-order valence-electron chi connectivity index (χ4n) is 3.70. The Morgan fingerprint density at radius 2 is 1.90 bits per heavy atom. The average molecular weight is 416 g/mol. The van der Waals surface area contributed by atoms with E-state index in [-0.39, 0.29) is 6.10 Å². The molecular formula is C24H24N4O3. The van der Waals surface area contributed by atoms with E-state index in [1.54, 1.807) is 0 Å². The van der Waals surface area contributed by atoms with Gasteiger partial charge in [0, 0.05) is 5.56 Å². The zero-order valence-corrected chi connectivity index (χ0v) is 17.8. The summed E-state index contributed by atoms with van der Waals surface area (Å²) in [6.45, 7) is 7.89. The highest BCUT2D eigenvalue weighted by Crippen LogP contribution is 2.30. The molecule has 0 amide bonds. The van der Waals surface area contributed by atoms with Gasteiger partial charge in [-0.3, -0.25) is 4.68 Å². The molecule has 2 aromatic carbocycles. The van der Waals surface area contributed by atoms with Crippen LogP contribution >= 0.6 is 0 Å². The molecule has 1 atom stereocenters. The second-order valence-electron chi connectivity index (χ2n) is 7.73. The maximum absolute atomic E-state index is 6.07. The smallest absolute Gasteiger partial charge is 0.278 e. The summed E-state index contributed by atoms with van der Waals surface area (Å²) in [5.74, 6) is 1.83. The largest absolute Gasteiger partial charge is 0.494 e. The van der Waals surface area contributed by atoms with Gasteiger partial charge >= 0.3 is 0 Å². The number of hydrogen-bond acceptors (Lipinski definition) is 6. The summed E-state index contributed by atoms with van der Waals surface area (Å²) in [6, 6.07) is 16.1. The quantitative estimate of drug-likeness (QED) is 0.461. The van der Waals surface area contributed by atoms with Crippen LogP contribution in [0.1, 0.15) is 35.4 Å². The van der Waals surface area contributed by atoms with E-state index in [2.05, 4.69) is 36.1 Å². The lowest BCUT2D eigenvalue weighted by Gasteiger charge is -2.24. The molecule has 7 nitrogen and oxygen atoms in total. The molecule has 0 aliphatic carbocycles. The molecule has 158 valence electrons. The molecule has 1 aliphatic rings. The van der Waals surface area contributed by atoms with Gasteiger partial charge in [0.2, 0.25) is 5.82 Å². The van der Waals surface area contributed by atoms with Crippen molar-refractivity contribution >= 4 is 0 Å². The Balaban J connectivity index is 1.35. The monoisotopic (exact) mass is 416 g/mol. The van der Waals surface area contributed by atoms with E-state index in [0.717, 1.165) is 22.6 Å². The van der Waals surface area contributed by atoms with Gasteiger partial charge in [-0.2, -0.15) is 10.1 Å². The Morgan fingerprint density at radius 3 is 2.68 bits per heavy atom. The van der Waals surface area contributed by atoms with Crippen LogP contribution in [0.25, 0.3) is 23.0 Å². The van der Waals surface area contributed by atoms with Crippen LogP contribution in [0, 0.1) is 13.8 Å². The van der Waals surface area contributed by atoms with Crippen LogP contribution in [0.4, 0.5) is 0 Å². The molecule has 1 unspecified atom stereocenters. The van der Waals surface area contributed by atoms with Crippen molar-refractivity contribution in [1.82, 2.24) is 19.9 Å². The van der Waals surface area contributed by atoms with Gasteiger partial charge in [0.1, 0.15) is 11.9 Å². The van der Waals surface area contributed by atoms with Crippen LogP contribution < -0.4 is 4.74 Å². The number of aromatic nitrogens is 4. The van der Waals surface area contributed by atoms with Crippen molar-refractivity contribution in [1.29, 1.82) is 0 Å². The molecule has 2 aromatic heterocycles. The summed E-state index contributed by atoms with van der Waals surface area (Å²) in [7, 11) is 0. The lowest BCUT2D eigenvalue weighted by Crippen LogP contribution is -2.21. The number of ether oxygens (including phenoxy) is 2. The minimum absolute atomic E-state index is 0.0651. The predicted octanol–water partition coefficient (Wildman–Crippen LogP) is 4.89. The number of hydrogen-bond donors (Lipinski definition) is 0. The van der Waals surface area contributed by atoms with Crippen molar-refractivity contribution in [3.63, 3.8) is 0 Å². The van der Waals surface area contributed by atoms with Crippen LogP contribution in [0.5, 0.6) is 5.75 Å². The van der Waals surface area contributed by atoms with Crippen molar-refractivity contribution in [3.8, 4) is 28.7 Å². The van der Waals surface area contributed by atoms with Crippen LogP contribution in [0.2, 0.25) is 0 Å². The van der Waals surface area contributed by atoms with Crippen molar-refractivity contribution in [2.75, 3.05) is 6.61 Å². The minimum Gasteiger partial charge on any atom is -0.494 e. The predicted molar refractivity (Wildman–Crippen MR) is 116 cm³/mol. The van der Waals surface area contributed by atoms with E-state index in [1.807, 2.05) is 48.0 Å². The zero-order valence-electron chi connectivity index (χ0n) is 17.8. The molecule has 1 aliphatic heterocycles. The molecular weight excluding hydrogens is 392 g/mol. The lowest BCUT2D eigenvalue weighted by molar-refractivity contribution is -0.00115. The topological polar surface area (TPSA) is 75.2 Å². The van der Waals surface area contributed by atoms with Crippen molar-refractivity contribution in [2.24, 2.45) is 0 Å². The Kier molecular flexibility index (Phi) is 5.03. The van der Waals surface area contributed by atoms with E-state index >= 15 is 0 Å². The average Bonchev–Trinajstić information content (AvgIpc) is 3.43. The first-order chi connectivity index (χ1) is 15.1. The number of benzene rings is 2. The van der Waals surface area contributed by atoms with Crippen molar-refractivity contribution < 1.29 is 14.0 Å². The molecule has 31 heavy (non-hydrogen) atoms.